The molecule has 1 atom stereocenters. The number of piperidine rings is 1. The molecule has 0 unspecified atom stereocenters. The van der Waals surface area contributed by atoms with Gasteiger partial charge < -0.3 is 14.9 Å². The number of β-amino-alcohol motifs (C(OH)–C–C–N with tert-alkyl or cyclic N) is 1. The largest absolute Gasteiger partial charge is 0.387 e. The third-order valence-electron chi connectivity index (χ3n) is 4.56. The van der Waals surface area contributed by atoms with E-state index in [1.165, 1.54) is 5.69 Å². The number of thioether (sulfide) groups is 1. The van der Waals surface area contributed by atoms with Crippen LogP contribution in [0.4, 0.5) is 5.69 Å². The van der Waals surface area contributed by atoms with Gasteiger partial charge in [0.1, 0.15) is 0 Å². The minimum atomic E-state index is -0.472. The molecule has 4 nitrogen and oxygen atoms in total. The van der Waals surface area contributed by atoms with Crippen LogP contribution in [0.15, 0.2) is 23.4 Å². The average molecular weight is 293 g/mol. The van der Waals surface area contributed by atoms with Crippen LogP contribution >= 0.6 is 11.8 Å². The van der Waals surface area contributed by atoms with Gasteiger partial charge in [0.25, 0.3) is 0 Å². The van der Waals surface area contributed by atoms with Crippen LogP contribution < -0.4 is 4.90 Å². The Balaban J connectivity index is 1.68. The highest BCUT2D eigenvalue weighted by atomic mass is 32.2. The molecule has 0 amide bonds. The van der Waals surface area contributed by atoms with E-state index in [2.05, 4.69) is 34.0 Å². The number of hydrogen-bond acceptors (Lipinski definition) is 5. The minimum Gasteiger partial charge on any atom is -0.387 e. The molecular weight excluding hydrogens is 270 g/mol. The highest BCUT2D eigenvalue weighted by molar-refractivity contribution is 7.98. The lowest BCUT2D eigenvalue weighted by molar-refractivity contribution is -0.128. The van der Waals surface area contributed by atoms with Crippen LogP contribution in [-0.4, -0.2) is 60.1 Å². The standard InChI is InChI=1S/C15H23N3OS/c1-17-10-15(19,11-17)12-4-3-7-18(9-12)13-5-6-14(20-2)16-8-13/h5-6,8,12,19H,3-4,7,9-11H2,1-2H3/t12-/m0/s1. The molecule has 2 aliphatic rings. The van der Waals surface area contributed by atoms with Gasteiger partial charge in [0.15, 0.2) is 0 Å². The van der Waals surface area contributed by atoms with Gasteiger partial charge in [-0.2, -0.15) is 0 Å². The monoisotopic (exact) mass is 293 g/mol. The summed E-state index contributed by atoms with van der Waals surface area (Å²) in [6.45, 7) is 3.65. The second-order valence-corrected chi connectivity index (χ2v) is 6.95. The van der Waals surface area contributed by atoms with Crippen molar-refractivity contribution in [2.45, 2.75) is 23.5 Å². The maximum Gasteiger partial charge on any atom is 0.0958 e. The quantitative estimate of drug-likeness (QED) is 0.859. The molecule has 110 valence electrons. The molecule has 0 radical (unpaired) electrons. The van der Waals surface area contributed by atoms with Crippen molar-refractivity contribution in [2.75, 3.05) is 44.4 Å². The van der Waals surface area contributed by atoms with Crippen LogP contribution in [-0.2, 0) is 0 Å². The number of aromatic nitrogens is 1. The Morgan fingerprint density at radius 1 is 1.40 bits per heavy atom. The van der Waals surface area contributed by atoms with Crippen molar-refractivity contribution in [1.29, 1.82) is 0 Å². The van der Waals surface area contributed by atoms with Gasteiger partial charge >= 0.3 is 0 Å². The van der Waals surface area contributed by atoms with E-state index in [1.807, 2.05) is 12.5 Å². The third kappa shape index (κ3) is 2.67. The zero-order valence-electron chi connectivity index (χ0n) is 12.2. The Hall–Kier alpha value is -0.780. The molecule has 1 aromatic heterocycles. The van der Waals surface area contributed by atoms with E-state index in [0.29, 0.717) is 5.92 Å². The van der Waals surface area contributed by atoms with Crippen LogP contribution in [0.3, 0.4) is 0 Å². The molecule has 3 rings (SSSR count). The normalized spacial score (nSPS) is 26.4. The summed E-state index contributed by atoms with van der Waals surface area (Å²) in [4.78, 5) is 9.02. The molecule has 2 fully saturated rings. The highest BCUT2D eigenvalue weighted by Gasteiger charge is 2.46. The van der Waals surface area contributed by atoms with Crippen molar-refractivity contribution >= 4 is 17.4 Å². The lowest BCUT2D eigenvalue weighted by Crippen LogP contribution is -2.66. The lowest BCUT2D eigenvalue weighted by Gasteiger charge is -2.52. The first-order valence-corrected chi connectivity index (χ1v) is 8.49. The Morgan fingerprint density at radius 2 is 2.20 bits per heavy atom. The van der Waals surface area contributed by atoms with Crippen LogP contribution in [0.5, 0.6) is 0 Å². The molecule has 2 saturated heterocycles. The summed E-state index contributed by atoms with van der Waals surface area (Å²) in [5.41, 5.74) is 0.712. The Labute approximate surface area is 125 Å². The number of pyridine rings is 1. The fourth-order valence-electron chi connectivity index (χ4n) is 3.48. The van der Waals surface area contributed by atoms with Crippen LogP contribution in [0.25, 0.3) is 0 Å². The van der Waals surface area contributed by atoms with Gasteiger partial charge in [-0.05, 0) is 38.3 Å². The van der Waals surface area contributed by atoms with Crippen molar-refractivity contribution < 1.29 is 5.11 Å². The van der Waals surface area contributed by atoms with Gasteiger partial charge in [-0.25, -0.2) is 4.98 Å². The predicted octanol–water partition coefficient (Wildman–Crippen LogP) is 1.70. The first-order valence-electron chi connectivity index (χ1n) is 7.27. The first kappa shape index (κ1) is 14.2. The molecule has 0 saturated carbocycles. The van der Waals surface area contributed by atoms with Gasteiger partial charge in [0.2, 0.25) is 0 Å². The number of likely N-dealkylation sites (N-methyl/N-ethyl adjacent to an activating group) is 1. The summed E-state index contributed by atoms with van der Waals surface area (Å²) in [5.74, 6) is 0.382. The van der Waals surface area contributed by atoms with Crippen LogP contribution in [0, 0.1) is 5.92 Å². The van der Waals surface area contributed by atoms with Crippen LogP contribution in [0.1, 0.15) is 12.8 Å². The third-order valence-corrected chi connectivity index (χ3v) is 5.22. The van der Waals surface area contributed by atoms with Crippen molar-refractivity contribution in [3.05, 3.63) is 18.3 Å². The number of anilines is 1. The second-order valence-electron chi connectivity index (χ2n) is 6.12. The molecule has 1 N–H and O–H groups in total. The molecule has 2 aliphatic heterocycles. The molecule has 0 spiro atoms. The van der Waals surface area contributed by atoms with E-state index in [0.717, 1.165) is 44.0 Å². The Kier molecular flexibility index (Phi) is 3.93. The number of nitrogens with zero attached hydrogens (tertiary/aromatic N) is 3. The van der Waals surface area contributed by atoms with Gasteiger partial charge in [-0.1, -0.05) is 0 Å². The van der Waals surface area contributed by atoms with Crippen molar-refractivity contribution in [3.8, 4) is 0 Å². The zero-order chi connectivity index (χ0) is 14.2. The second kappa shape index (κ2) is 5.54. The molecule has 0 aromatic carbocycles. The van der Waals surface area contributed by atoms with E-state index in [4.69, 9.17) is 0 Å². The topological polar surface area (TPSA) is 39.6 Å². The highest BCUT2D eigenvalue weighted by Crippen LogP contribution is 2.35. The van der Waals surface area contributed by atoms with Crippen LogP contribution in [0.2, 0.25) is 0 Å². The Morgan fingerprint density at radius 3 is 2.80 bits per heavy atom. The minimum absolute atomic E-state index is 0.382. The fraction of sp³-hybridized carbons (Fsp3) is 0.667. The lowest BCUT2D eigenvalue weighted by atomic mass is 9.76. The van der Waals surface area contributed by atoms with Gasteiger partial charge in [0, 0.05) is 32.1 Å². The smallest absolute Gasteiger partial charge is 0.0958 e. The molecular formula is C15H23N3OS. The zero-order valence-corrected chi connectivity index (χ0v) is 13.1. The van der Waals surface area contributed by atoms with E-state index in [1.54, 1.807) is 11.8 Å². The summed E-state index contributed by atoms with van der Waals surface area (Å²) in [6.07, 6.45) is 6.30. The summed E-state index contributed by atoms with van der Waals surface area (Å²) < 4.78 is 0. The maximum atomic E-state index is 10.7. The van der Waals surface area contributed by atoms with Gasteiger partial charge in [-0.3, -0.25) is 0 Å². The molecule has 1 aromatic rings. The van der Waals surface area contributed by atoms with E-state index in [-0.39, 0.29) is 0 Å². The summed E-state index contributed by atoms with van der Waals surface area (Å²) in [7, 11) is 2.07. The van der Waals surface area contributed by atoms with Gasteiger partial charge in [-0.15, -0.1) is 11.8 Å². The number of aliphatic hydroxyl groups is 1. The average Bonchev–Trinajstić information content (AvgIpc) is 2.46. The number of rotatable bonds is 3. The molecule has 20 heavy (non-hydrogen) atoms. The SMILES string of the molecule is CSc1ccc(N2CCC[C@H](C3(O)CN(C)C3)C2)cn1. The molecule has 0 aliphatic carbocycles. The Bertz CT molecular complexity index is 459. The molecule has 3 heterocycles. The van der Waals surface area contributed by atoms with Crippen molar-refractivity contribution in [3.63, 3.8) is 0 Å². The summed E-state index contributed by atoms with van der Waals surface area (Å²) >= 11 is 1.67. The van der Waals surface area contributed by atoms with Crippen molar-refractivity contribution in [2.24, 2.45) is 5.92 Å². The predicted molar refractivity (Wildman–Crippen MR) is 83.4 cm³/mol. The maximum absolute atomic E-state index is 10.7. The number of likely N-dealkylation sites (tertiary alicyclic amines) is 1. The van der Waals surface area contributed by atoms with E-state index in [9.17, 15) is 5.11 Å². The first-order chi connectivity index (χ1) is 9.60. The molecule has 0 bridgehead atoms. The van der Waals surface area contributed by atoms with E-state index < -0.39 is 5.60 Å². The fourth-order valence-corrected chi connectivity index (χ4v) is 3.84. The van der Waals surface area contributed by atoms with Gasteiger partial charge in [0.05, 0.1) is 22.5 Å². The van der Waals surface area contributed by atoms with E-state index >= 15 is 0 Å². The molecule has 5 heteroatoms. The summed E-state index contributed by atoms with van der Waals surface area (Å²) in [6, 6.07) is 4.23. The summed E-state index contributed by atoms with van der Waals surface area (Å²) in [5, 5.41) is 11.7. The van der Waals surface area contributed by atoms with Crippen molar-refractivity contribution in [1.82, 2.24) is 9.88 Å². The number of hydrogen-bond donors (Lipinski definition) is 1.